The number of likely N-dealkylation sites (N-methyl/N-ethyl adjacent to an activating group) is 1. The minimum Gasteiger partial charge on any atom is -0.370 e. The topological polar surface area (TPSA) is 60.6 Å². The van der Waals surface area contributed by atoms with Gasteiger partial charge in [0, 0.05) is 48.5 Å². The number of carbonyl (C=O) groups excluding carboxylic acids is 1. The number of rotatable bonds is 7. The largest absolute Gasteiger partial charge is 0.370 e. The lowest BCUT2D eigenvalue weighted by Gasteiger charge is -2.47. The van der Waals surface area contributed by atoms with Crippen molar-refractivity contribution in [1.29, 1.82) is 0 Å². The zero-order valence-electron chi connectivity index (χ0n) is 22.1. The van der Waals surface area contributed by atoms with Gasteiger partial charge in [0.2, 0.25) is 0 Å². The van der Waals surface area contributed by atoms with Gasteiger partial charge in [0.1, 0.15) is 19.6 Å². The number of urea groups is 1. The third kappa shape index (κ3) is 4.70. The van der Waals surface area contributed by atoms with Gasteiger partial charge in [-0.2, -0.15) is 0 Å². The number of nitrogens with one attached hydrogen (secondary N) is 2. The molecule has 1 aromatic carbocycles. The first-order valence-electron chi connectivity index (χ1n) is 13.8. The molecule has 0 unspecified atom stereocenters. The molecule has 2 aromatic rings. The van der Waals surface area contributed by atoms with Gasteiger partial charge in [0.05, 0.1) is 26.0 Å². The van der Waals surface area contributed by atoms with Crippen molar-refractivity contribution in [3.8, 4) is 0 Å². The highest BCUT2D eigenvalue weighted by molar-refractivity contribution is 5.89. The summed E-state index contributed by atoms with van der Waals surface area (Å²) in [5.41, 5.74) is 5.71. The Hall–Kier alpha value is -2.09. The van der Waals surface area contributed by atoms with Crippen LogP contribution in [0.5, 0.6) is 0 Å². The van der Waals surface area contributed by atoms with E-state index in [1.54, 1.807) is 0 Å². The molecule has 2 aliphatic heterocycles. The molecular formula is C28H44N5O2+. The Morgan fingerprint density at radius 1 is 1.23 bits per heavy atom. The van der Waals surface area contributed by atoms with Crippen molar-refractivity contribution in [3.63, 3.8) is 0 Å². The number of hydrogen-bond acceptors (Lipinski definition) is 3. The lowest BCUT2D eigenvalue weighted by Crippen LogP contribution is -2.58. The maximum atomic E-state index is 12.9. The Morgan fingerprint density at radius 2 is 2.00 bits per heavy atom. The summed E-state index contributed by atoms with van der Waals surface area (Å²) in [5, 5.41) is 4.84. The number of ether oxygens (including phenoxy) is 1. The van der Waals surface area contributed by atoms with Crippen molar-refractivity contribution in [3.05, 3.63) is 35.0 Å². The number of H-pyrrole nitrogens is 1. The van der Waals surface area contributed by atoms with Crippen molar-refractivity contribution in [2.24, 2.45) is 0 Å². The molecule has 1 aromatic heterocycles. The van der Waals surface area contributed by atoms with E-state index in [0.717, 1.165) is 82.8 Å². The van der Waals surface area contributed by atoms with Gasteiger partial charge < -0.3 is 24.4 Å². The fourth-order valence-electron chi connectivity index (χ4n) is 6.84. The van der Waals surface area contributed by atoms with Gasteiger partial charge in [-0.1, -0.05) is 19.1 Å². The number of amides is 2. The average Bonchev–Trinajstić information content (AvgIpc) is 3.18. The predicted molar refractivity (Wildman–Crippen MR) is 141 cm³/mol. The van der Waals surface area contributed by atoms with Crippen LogP contribution >= 0.6 is 0 Å². The zero-order valence-corrected chi connectivity index (χ0v) is 22.1. The Morgan fingerprint density at radius 3 is 2.71 bits per heavy atom. The zero-order chi connectivity index (χ0) is 24.6. The van der Waals surface area contributed by atoms with E-state index in [1.807, 2.05) is 4.90 Å². The van der Waals surface area contributed by atoms with E-state index in [0.29, 0.717) is 12.0 Å². The summed E-state index contributed by atoms with van der Waals surface area (Å²) in [5.74, 6) is 0.449. The predicted octanol–water partition coefficient (Wildman–Crippen LogP) is 3.69. The van der Waals surface area contributed by atoms with Gasteiger partial charge in [0.15, 0.2) is 0 Å². The first-order valence-corrected chi connectivity index (χ1v) is 13.8. The van der Waals surface area contributed by atoms with Crippen LogP contribution in [0.25, 0.3) is 10.9 Å². The third-order valence-corrected chi connectivity index (χ3v) is 8.77. The van der Waals surface area contributed by atoms with Crippen molar-refractivity contribution < 1.29 is 14.0 Å². The number of carbonyl (C=O) groups is 1. The van der Waals surface area contributed by atoms with Gasteiger partial charge >= 0.3 is 6.03 Å². The third-order valence-electron chi connectivity index (χ3n) is 8.77. The molecule has 3 atom stereocenters. The number of aromatic amines is 1. The van der Waals surface area contributed by atoms with Crippen LogP contribution in [0.3, 0.4) is 0 Å². The highest BCUT2D eigenvalue weighted by Crippen LogP contribution is 2.45. The fourth-order valence-corrected chi connectivity index (χ4v) is 6.84. The van der Waals surface area contributed by atoms with Gasteiger partial charge in [-0.25, -0.2) is 4.79 Å². The summed E-state index contributed by atoms with van der Waals surface area (Å²) < 4.78 is 6.70. The smallest absolute Gasteiger partial charge is 0.317 e. The number of piperidine rings is 1. The number of morpholine rings is 1. The maximum absolute atomic E-state index is 12.9. The summed E-state index contributed by atoms with van der Waals surface area (Å²) in [4.78, 5) is 21.3. The SMILES string of the molecule is CCCN1C[C@@H](NC(=O)N(CC)CC)C[C@@H]2c3cccc4[nH]c(C[N+]5(C)CCOCC5)c(c34)C[C@H]21. The summed E-state index contributed by atoms with van der Waals surface area (Å²) in [6.45, 7) is 14.8. The van der Waals surface area contributed by atoms with Crippen LogP contribution < -0.4 is 5.32 Å². The second-order valence-corrected chi connectivity index (χ2v) is 11.1. The molecule has 5 rings (SSSR count). The second-order valence-electron chi connectivity index (χ2n) is 11.1. The minimum absolute atomic E-state index is 0.0796. The van der Waals surface area contributed by atoms with Gasteiger partial charge in [-0.15, -0.1) is 0 Å². The molecule has 2 fully saturated rings. The molecule has 35 heavy (non-hydrogen) atoms. The Kier molecular flexibility index (Phi) is 7.11. The van der Waals surface area contributed by atoms with Crippen molar-refractivity contribution >= 4 is 16.9 Å². The van der Waals surface area contributed by atoms with Crippen LogP contribution in [0.4, 0.5) is 4.79 Å². The number of benzene rings is 1. The number of hydrogen-bond donors (Lipinski definition) is 2. The Balaban J connectivity index is 1.47. The molecule has 0 bridgehead atoms. The molecule has 7 heteroatoms. The molecule has 192 valence electrons. The number of quaternary nitrogens is 1. The maximum Gasteiger partial charge on any atom is 0.317 e. The van der Waals surface area contributed by atoms with E-state index in [2.05, 4.69) is 61.2 Å². The lowest BCUT2D eigenvalue weighted by atomic mass is 9.73. The van der Waals surface area contributed by atoms with E-state index in [-0.39, 0.29) is 12.1 Å². The molecule has 3 heterocycles. The van der Waals surface area contributed by atoms with Crippen molar-refractivity contribution in [2.45, 2.75) is 64.6 Å². The van der Waals surface area contributed by atoms with E-state index in [1.165, 1.54) is 27.7 Å². The van der Waals surface area contributed by atoms with E-state index >= 15 is 0 Å². The lowest BCUT2D eigenvalue weighted by molar-refractivity contribution is -0.929. The molecule has 2 saturated heterocycles. The quantitative estimate of drug-likeness (QED) is 0.592. The average molecular weight is 483 g/mol. The summed E-state index contributed by atoms with van der Waals surface area (Å²) >= 11 is 0. The van der Waals surface area contributed by atoms with E-state index < -0.39 is 0 Å². The molecule has 0 saturated carbocycles. The molecule has 0 radical (unpaired) electrons. The summed E-state index contributed by atoms with van der Waals surface area (Å²) in [6.07, 6.45) is 3.25. The Labute approximate surface area is 210 Å². The first-order chi connectivity index (χ1) is 17.0. The van der Waals surface area contributed by atoms with Crippen LogP contribution in [0, 0.1) is 0 Å². The standard InChI is InChI=1S/C28H43N5O2/c1-5-11-32-18-20(29-28(34)31(6-2)7-3)16-22-21-9-8-10-24-27(21)23(17-26(22)32)25(30-24)19-33(4)12-14-35-15-13-33/h8-10,20,22,26,30H,5-7,11-19H2,1-4H3/p+1/t20-,22+,26+/m0/s1. The molecule has 7 nitrogen and oxygen atoms in total. The normalized spacial score (nSPS) is 25.9. The highest BCUT2D eigenvalue weighted by atomic mass is 16.5. The van der Waals surface area contributed by atoms with Gasteiger partial charge in [-0.05, 0) is 56.8 Å². The number of likely N-dealkylation sites (tertiary alicyclic amines) is 1. The van der Waals surface area contributed by atoms with Crippen LogP contribution in [0.2, 0.25) is 0 Å². The molecule has 2 amide bonds. The summed E-state index contributed by atoms with van der Waals surface area (Å²) in [6, 6.07) is 7.58. The van der Waals surface area contributed by atoms with Gasteiger partial charge in [-0.3, -0.25) is 4.90 Å². The molecule has 3 aliphatic rings. The fraction of sp³-hybridized carbons (Fsp3) is 0.679. The van der Waals surface area contributed by atoms with E-state index in [9.17, 15) is 4.79 Å². The molecular weight excluding hydrogens is 438 g/mol. The Bertz CT molecular complexity index is 1040. The number of nitrogens with zero attached hydrogens (tertiary/aromatic N) is 3. The summed E-state index contributed by atoms with van der Waals surface area (Å²) in [7, 11) is 2.38. The number of fused-ring (bicyclic) bond motifs is 2. The van der Waals surface area contributed by atoms with Crippen LogP contribution in [-0.2, 0) is 17.7 Å². The van der Waals surface area contributed by atoms with Crippen LogP contribution in [-0.4, -0.2) is 96.9 Å². The van der Waals surface area contributed by atoms with Crippen molar-refractivity contribution in [2.75, 3.05) is 59.5 Å². The first kappa shape index (κ1) is 24.6. The van der Waals surface area contributed by atoms with E-state index in [4.69, 9.17) is 4.74 Å². The van der Waals surface area contributed by atoms with Crippen molar-refractivity contribution in [1.82, 2.24) is 20.1 Å². The van der Waals surface area contributed by atoms with Crippen LogP contribution in [0.1, 0.15) is 56.4 Å². The minimum atomic E-state index is 0.0796. The number of aromatic nitrogens is 1. The monoisotopic (exact) mass is 482 g/mol. The van der Waals surface area contributed by atoms with Crippen LogP contribution in [0.15, 0.2) is 18.2 Å². The molecule has 2 N–H and O–H groups in total. The highest BCUT2D eigenvalue weighted by Gasteiger charge is 2.42. The second kappa shape index (κ2) is 10.1. The molecule has 1 aliphatic carbocycles. The molecule has 0 spiro atoms. The van der Waals surface area contributed by atoms with Gasteiger partial charge in [0.25, 0.3) is 0 Å².